The van der Waals surface area contributed by atoms with Crippen LogP contribution >= 0.6 is 0 Å². The summed E-state index contributed by atoms with van der Waals surface area (Å²) in [7, 11) is 0. The van der Waals surface area contributed by atoms with Crippen molar-refractivity contribution >= 4 is 23.4 Å². The lowest BCUT2D eigenvalue weighted by molar-refractivity contribution is 0.0525. The third-order valence-electron chi connectivity index (χ3n) is 5.52. The van der Waals surface area contributed by atoms with E-state index in [1.54, 1.807) is 35.8 Å². The van der Waals surface area contributed by atoms with Crippen LogP contribution in [0.2, 0.25) is 0 Å². The molecule has 2 aromatic rings. The fourth-order valence-electron chi connectivity index (χ4n) is 4.32. The number of ether oxygens (including phenoxy) is 1. The van der Waals surface area contributed by atoms with Gasteiger partial charge in [-0.25, -0.2) is 4.79 Å². The van der Waals surface area contributed by atoms with Gasteiger partial charge in [-0.2, -0.15) is 0 Å². The van der Waals surface area contributed by atoms with Crippen LogP contribution < -0.4 is 5.73 Å². The van der Waals surface area contributed by atoms with Gasteiger partial charge in [0.05, 0.1) is 12.2 Å². The van der Waals surface area contributed by atoms with Crippen LogP contribution in [0.5, 0.6) is 0 Å². The van der Waals surface area contributed by atoms with E-state index in [0.29, 0.717) is 11.1 Å². The number of benzene rings is 1. The van der Waals surface area contributed by atoms with Crippen molar-refractivity contribution in [2.75, 3.05) is 12.3 Å². The topological polar surface area (TPSA) is 91.4 Å². The molecule has 0 unspecified atom stereocenters. The highest BCUT2D eigenvalue weighted by Crippen LogP contribution is 2.40. The average molecular weight is 366 g/mol. The van der Waals surface area contributed by atoms with E-state index in [1.807, 2.05) is 0 Å². The van der Waals surface area contributed by atoms with Crippen LogP contribution in [-0.4, -0.2) is 28.7 Å². The average Bonchev–Trinajstić information content (AvgIpc) is 3.00. The standard InChI is InChI=1S/C21H22N2O4/c1-2-27-21(26)16-15-17(23(20(16)22)12-8-4-3-5-9-12)19(25)14-11-7-6-10-13(14)18(15)24/h6-7,10-12H,2-5,8-9,22H2,1H3. The fourth-order valence-corrected chi connectivity index (χ4v) is 4.32. The second-order valence-corrected chi connectivity index (χ2v) is 7.07. The van der Waals surface area contributed by atoms with Gasteiger partial charge in [0, 0.05) is 17.2 Å². The molecule has 6 nitrogen and oxygen atoms in total. The van der Waals surface area contributed by atoms with Gasteiger partial charge in [0.15, 0.2) is 5.78 Å². The highest BCUT2D eigenvalue weighted by atomic mass is 16.5. The summed E-state index contributed by atoms with van der Waals surface area (Å²) >= 11 is 0. The molecule has 0 amide bonds. The van der Waals surface area contributed by atoms with Crippen LogP contribution in [0.15, 0.2) is 24.3 Å². The summed E-state index contributed by atoms with van der Waals surface area (Å²) in [5, 5.41) is 0. The van der Waals surface area contributed by atoms with Crippen molar-refractivity contribution in [2.45, 2.75) is 45.1 Å². The van der Waals surface area contributed by atoms with Crippen LogP contribution in [0, 0.1) is 0 Å². The molecule has 1 aromatic heterocycles. The number of carbonyl (C=O) groups is 3. The third kappa shape index (κ3) is 2.59. The Hall–Kier alpha value is -2.89. The van der Waals surface area contributed by atoms with Crippen molar-refractivity contribution in [3.05, 3.63) is 52.2 Å². The molecular weight excluding hydrogens is 344 g/mol. The molecule has 2 N–H and O–H groups in total. The second-order valence-electron chi connectivity index (χ2n) is 7.07. The molecule has 2 aliphatic carbocycles. The maximum Gasteiger partial charge on any atom is 0.342 e. The molecule has 0 radical (unpaired) electrons. The molecule has 1 aromatic carbocycles. The van der Waals surface area contributed by atoms with Crippen molar-refractivity contribution in [3.63, 3.8) is 0 Å². The minimum Gasteiger partial charge on any atom is -0.462 e. The zero-order valence-electron chi connectivity index (χ0n) is 15.3. The maximum atomic E-state index is 13.3. The van der Waals surface area contributed by atoms with E-state index in [-0.39, 0.29) is 46.9 Å². The normalized spacial score (nSPS) is 16.8. The number of nitrogen functional groups attached to an aromatic ring is 1. The summed E-state index contributed by atoms with van der Waals surface area (Å²) in [6.45, 7) is 1.86. The third-order valence-corrected chi connectivity index (χ3v) is 5.52. The first kappa shape index (κ1) is 17.5. The molecule has 0 aliphatic heterocycles. The van der Waals surface area contributed by atoms with Gasteiger partial charge in [0.2, 0.25) is 5.78 Å². The minimum absolute atomic E-state index is 0.0117. The summed E-state index contributed by atoms with van der Waals surface area (Å²) in [5.41, 5.74) is 7.40. The molecule has 2 aliphatic rings. The van der Waals surface area contributed by atoms with Gasteiger partial charge in [-0.3, -0.25) is 9.59 Å². The number of esters is 1. The van der Waals surface area contributed by atoms with E-state index in [2.05, 4.69) is 0 Å². The van der Waals surface area contributed by atoms with Gasteiger partial charge < -0.3 is 15.0 Å². The first-order valence-electron chi connectivity index (χ1n) is 9.45. The number of nitrogens with two attached hydrogens (primary N) is 1. The summed E-state index contributed by atoms with van der Waals surface area (Å²) in [6.07, 6.45) is 4.95. The molecule has 4 rings (SSSR count). The van der Waals surface area contributed by atoms with Gasteiger partial charge in [-0.15, -0.1) is 0 Å². The Morgan fingerprint density at radius 3 is 2.37 bits per heavy atom. The fraction of sp³-hybridized carbons (Fsp3) is 0.381. The predicted octanol–water partition coefficient (Wildman–Crippen LogP) is 3.53. The highest BCUT2D eigenvalue weighted by Gasteiger charge is 2.41. The number of hydrogen-bond donors (Lipinski definition) is 1. The summed E-state index contributed by atoms with van der Waals surface area (Å²) < 4.78 is 6.88. The number of nitrogens with zero attached hydrogens (tertiary/aromatic N) is 1. The summed E-state index contributed by atoms with van der Waals surface area (Å²) in [5.74, 6) is -1.08. The molecule has 140 valence electrons. The van der Waals surface area contributed by atoms with Crippen molar-refractivity contribution < 1.29 is 19.1 Å². The Kier molecular flexibility index (Phi) is 4.34. The Labute approximate surface area is 157 Å². The van der Waals surface area contributed by atoms with Crippen molar-refractivity contribution in [3.8, 4) is 0 Å². The molecule has 27 heavy (non-hydrogen) atoms. The Bertz CT molecular complexity index is 951. The molecular formula is C21H22N2O4. The Balaban J connectivity index is 1.98. The van der Waals surface area contributed by atoms with Gasteiger partial charge in [0.25, 0.3) is 0 Å². The number of rotatable bonds is 3. The molecule has 0 spiro atoms. The lowest BCUT2D eigenvalue weighted by atomic mass is 9.86. The number of fused-ring (bicyclic) bond motifs is 2. The lowest BCUT2D eigenvalue weighted by Gasteiger charge is -2.27. The summed E-state index contributed by atoms with van der Waals surface area (Å²) in [4.78, 5) is 39.1. The van der Waals surface area contributed by atoms with Crippen molar-refractivity contribution in [1.29, 1.82) is 0 Å². The molecule has 1 saturated carbocycles. The van der Waals surface area contributed by atoms with E-state index in [0.717, 1.165) is 32.1 Å². The van der Waals surface area contributed by atoms with Crippen LogP contribution in [0.1, 0.15) is 87.4 Å². The van der Waals surface area contributed by atoms with Gasteiger partial charge >= 0.3 is 5.97 Å². The Morgan fingerprint density at radius 1 is 1.11 bits per heavy atom. The first-order chi connectivity index (χ1) is 13.1. The molecule has 1 fully saturated rings. The number of anilines is 1. The summed E-state index contributed by atoms with van der Waals surface area (Å²) in [6, 6.07) is 6.72. The first-order valence-corrected chi connectivity index (χ1v) is 9.45. The quantitative estimate of drug-likeness (QED) is 0.716. The SMILES string of the molecule is CCOC(=O)c1c2c(n(C3CCCCC3)c1N)C(=O)c1ccccc1C2=O. The van der Waals surface area contributed by atoms with Crippen molar-refractivity contribution in [2.24, 2.45) is 0 Å². The zero-order valence-corrected chi connectivity index (χ0v) is 15.3. The highest BCUT2D eigenvalue weighted by molar-refractivity contribution is 6.31. The number of ketones is 2. The smallest absolute Gasteiger partial charge is 0.342 e. The van der Waals surface area contributed by atoms with E-state index in [4.69, 9.17) is 10.5 Å². The van der Waals surface area contributed by atoms with E-state index >= 15 is 0 Å². The van der Waals surface area contributed by atoms with Crippen LogP contribution in [0.25, 0.3) is 0 Å². The second kappa shape index (κ2) is 6.68. The van der Waals surface area contributed by atoms with Gasteiger partial charge in [-0.05, 0) is 19.8 Å². The van der Waals surface area contributed by atoms with Crippen LogP contribution in [0.3, 0.4) is 0 Å². The molecule has 0 saturated heterocycles. The molecule has 6 heteroatoms. The van der Waals surface area contributed by atoms with Gasteiger partial charge in [-0.1, -0.05) is 43.5 Å². The molecule has 1 heterocycles. The number of hydrogen-bond acceptors (Lipinski definition) is 5. The van der Waals surface area contributed by atoms with Crippen molar-refractivity contribution in [1.82, 2.24) is 4.57 Å². The predicted molar refractivity (Wildman–Crippen MR) is 100 cm³/mol. The largest absolute Gasteiger partial charge is 0.462 e. The maximum absolute atomic E-state index is 13.3. The Morgan fingerprint density at radius 2 is 1.74 bits per heavy atom. The van der Waals surface area contributed by atoms with E-state index < -0.39 is 5.97 Å². The monoisotopic (exact) mass is 366 g/mol. The lowest BCUT2D eigenvalue weighted by Crippen LogP contribution is -2.26. The van der Waals surface area contributed by atoms with E-state index in [1.165, 1.54) is 0 Å². The zero-order chi connectivity index (χ0) is 19.1. The minimum atomic E-state index is -0.652. The van der Waals surface area contributed by atoms with Crippen LogP contribution in [-0.2, 0) is 4.74 Å². The molecule has 0 atom stereocenters. The van der Waals surface area contributed by atoms with Crippen LogP contribution in [0.4, 0.5) is 5.82 Å². The number of aromatic nitrogens is 1. The molecule has 0 bridgehead atoms. The van der Waals surface area contributed by atoms with Gasteiger partial charge in [0.1, 0.15) is 17.1 Å². The van der Waals surface area contributed by atoms with E-state index in [9.17, 15) is 14.4 Å². The number of carbonyl (C=O) groups excluding carboxylic acids is 3.